The van der Waals surface area contributed by atoms with Gasteiger partial charge in [0.25, 0.3) is 0 Å². The summed E-state index contributed by atoms with van der Waals surface area (Å²) in [6, 6.07) is 6.80. The first-order valence-electron chi connectivity index (χ1n) is 6.70. The maximum atomic E-state index is 5.93. The van der Waals surface area contributed by atoms with Crippen LogP contribution in [0.3, 0.4) is 0 Å². The van der Waals surface area contributed by atoms with Crippen molar-refractivity contribution in [2.75, 3.05) is 17.9 Å². The monoisotopic (exact) mass is 296 g/mol. The first-order valence-corrected chi connectivity index (χ1v) is 8.63. The average Bonchev–Trinajstić information content (AvgIpc) is 2.76. The Morgan fingerprint density at radius 1 is 1.42 bits per heavy atom. The van der Waals surface area contributed by atoms with Crippen LogP contribution in [0.2, 0.25) is 0 Å². The number of imidazole rings is 1. The lowest BCUT2D eigenvalue weighted by Crippen LogP contribution is -2.11. The Labute approximate surface area is 124 Å². The van der Waals surface area contributed by atoms with E-state index in [0.29, 0.717) is 11.9 Å². The predicted octanol–water partition coefficient (Wildman–Crippen LogP) is 4.44. The van der Waals surface area contributed by atoms with Crippen LogP contribution in [0.4, 0.5) is 0 Å². The number of aryl methyl sites for hydroxylation is 2. The van der Waals surface area contributed by atoms with Gasteiger partial charge in [0.2, 0.25) is 0 Å². The third-order valence-electron chi connectivity index (χ3n) is 3.48. The van der Waals surface area contributed by atoms with Crippen molar-refractivity contribution < 1.29 is 0 Å². The van der Waals surface area contributed by atoms with E-state index < -0.39 is 0 Å². The molecule has 4 heteroatoms. The quantitative estimate of drug-likeness (QED) is 0.733. The molecule has 1 atom stereocenters. The molecule has 0 amide bonds. The van der Waals surface area contributed by atoms with Gasteiger partial charge < -0.3 is 4.57 Å². The first-order chi connectivity index (χ1) is 9.19. The second-order valence-corrected chi connectivity index (χ2v) is 6.27. The number of hydrogen-bond acceptors (Lipinski definition) is 2. The van der Waals surface area contributed by atoms with E-state index in [1.807, 2.05) is 11.8 Å². The summed E-state index contributed by atoms with van der Waals surface area (Å²) in [6.07, 6.45) is 4.15. The van der Waals surface area contributed by atoms with E-state index in [0.717, 1.165) is 24.2 Å². The molecule has 0 bridgehead atoms. The zero-order valence-electron chi connectivity index (χ0n) is 11.8. The number of halogens is 1. The van der Waals surface area contributed by atoms with Crippen molar-refractivity contribution in [1.82, 2.24) is 9.55 Å². The number of benzene rings is 1. The topological polar surface area (TPSA) is 17.8 Å². The fraction of sp³-hybridized carbons (Fsp3) is 0.533. The summed E-state index contributed by atoms with van der Waals surface area (Å²) in [5.41, 5.74) is 3.66. The molecular weight excluding hydrogens is 276 g/mol. The maximum Gasteiger partial charge on any atom is 0.111 e. The maximum absolute atomic E-state index is 5.93. The lowest BCUT2D eigenvalue weighted by atomic mass is 10.1. The number of alkyl halides is 1. The van der Waals surface area contributed by atoms with Gasteiger partial charge in [0.1, 0.15) is 5.82 Å². The van der Waals surface area contributed by atoms with Crippen LogP contribution in [0.1, 0.15) is 30.8 Å². The van der Waals surface area contributed by atoms with Gasteiger partial charge in [0.05, 0.1) is 11.0 Å². The number of aromatic nitrogens is 2. The third kappa shape index (κ3) is 3.09. The molecule has 2 rings (SSSR count). The number of thioether (sulfide) groups is 1. The Balaban J connectivity index is 2.50. The van der Waals surface area contributed by atoms with Crippen molar-refractivity contribution in [3.05, 3.63) is 29.6 Å². The minimum atomic E-state index is 0.469. The summed E-state index contributed by atoms with van der Waals surface area (Å²) in [5.74, 6) is 2.91. The van der Waals surface area contributed by atoms with E-state index in [4.69, 9.17) is 16.6 Å². The molecule has 0 spiro atoms. The zero-order chi connectivity index (χ0) is 13.8. The molecule has 0 N–H and O–H groups in total. The number of fused-ring (bicyclic) bond motifs is 1. The molecule has 0 aliphatic heterocycles. The van der Waals surface area contributed by atoms with Gasteiger partial charge in [-0.1, -0.05) is 12.1 Å². The highest BCUT2D eigenvalue weighted by molar-refractivity contribution is 7.98. The molecule has 0 aliphatic rings. The average molecular weight is 297 g/mol. The normalized spacial score (nSPS) is 13.1. The van der Waals surface area contributed by atoms with Crippen LogP contribution < -0.4 is 0 Å². The van der Waals surface area contributed by atoms with Gasteiger partial charge in [-0.15, -0.1) is 11.6 Å². The molecule has 2 nitrogen and oxygen atoms in total. The number of nitrogens with zero attached hydrogens (tertiary/aromatic N) is 2. The second-order valence-electron chi connectivity index (χ2n) is 4.91. The summed E-state index contributed by atoms with van der Waals surface area (Å²) >= 11 is 7.82. The SMILES string of the molecule is CSCCC(C)n1c(CCCl)nc2cccc(C)c21. The lowest BCUT2D eigenvalue weighted by molar-refractivity contribution is 0.528. The van der Waals surface area contributed by atoms with Crippen molar-refractivity contribution in [2.45, 2.75) is 32.7 Å². The molecule has 1 heterocycles. The zero-order valence-corrected chi connectivity index (χ0v) is 13.4. The van der Waals surface area contributed by atoms with Crippen LogP contribution in [-0.4, -0.2) is 27.4 Å². The Kier molecular flexibility index (Phi) is 5.17. The fourth-order valence-corrected chi connectivity index (χ4v) is 3.27. The molecule has 0 aliphatic carbocycles. The van der Waals surface area contributed by atoms with Crippen LogP contribution in [0.25, 0.3) is 11.0 Å². The highest BCUT2D eigenvalue weighted by atomic mass is 35.5. The molecule has 0 radical (unpaired) electrons. The van der Waals surface area contributed by atoms with Gasteiger partial charge in [-0.2, -0.15) is 11.8 Å². The van der Waals surface area contributed by atoms with Crippen molar-refractivity contribution in [3.63, 3.8) is 0 Å². The molecule has 0 saturated heterocycles. The van der Waals surface area contributed by atoms with Gasteiger partial charge in [-0.05, 0) is 43.9 Å². The van der Waals surface area contributed by atoms with Gasteiger partial charge >= 0.3 is 0 Å². The van der Waals surface area contributed by atoms with Gasteiger partial charge in [-0.25, -0.2) is 4.98 Å². The van der Waals surface area contributed by atoms with Gasteiger partial charge in [0, 0.05) is 18.3 Å². The summed E-state index contributed by atoms with van der Waals surface area (Å²) in [5, 5.41) is 0. The van der Waals surface area contributed by atoms with Crippen LogP contribution in [-0.2, 0) is 6.42 Å². The lowest BCUT2D eigenvalue weighted by Gasteiger charge is -2.18. The van der Waals surface area contributed by atoms with Gasteiger partial charge in [-0.3, -0.25) is 0 Å². The largest absolute Gasteiger partial charge is 0.325 e. The number of para-hydroxylation sites is 1. The van der Waals surface area contributed by atoms with Crippen LogP contribution in [0.5, 0.6) is 0 Å². The van der Waals surface area contributed by atoms with Gasteiger partial charge in [0.15, 0.2) is 0 Å². The molecule has 104 valence electrons. The Bertz CT molecular complexity index is 550. The summed E-state index contributed by atoms with van der Waals surface area (Å²) in [6.45, 7) is 4.44. The van der Waals surface area contributed by atoms with E-state index in [1.165, 1.54) is 16.8 Å². The number of rotatable bonds is 6. The second kappa shape index (κ2) is 6.67. The molecule has 1 aromatic carbocycles. The molecule has 19 heavy (non-hydrogen) atoms. The minimum absolute atomic E-state index is 0.469. The Morgan fingerprint density at radius 2 is 2.21 bits per heavy atom. The third-order valence-corrected chi connectivity index (χ3v) is 4.32. The molecule has 0 saturated carbocycles. The number of hydrogen-bond donors (Lipinski definition) is 0. The van der Waals surface area contributed by atoms with Crippen molar-refractivity contribution in [1.29, 1.82) is 0 Å². The van der Waals surface area contributed by atoms with Crippen molar-refractivity contribution >= 4 is 34.4 Å². The Hall–Kier alpha value is -0.670. The van der Waals surface area contributed by atoms with E-state index >= 15 is 0 Å². The first kappa shape index (κ1) is 14.7. The summed E-state index contributed by atoms with van der Waals surface area (Å²) in [4.78, 5) is 4.76. The van der Waals surface area contributed by atoms with E-state index in [-0.39, 0.29) is 0 Å². The van der Waals surface area contributed by atoms with E-state index in [2.05, 4.69) is 42.9 Å². The standard InChI is InChI=1S/C15H21ClN2S/c1-11-5-4-6-13-15(11)18(12(2)8-10-19-3)14(17-13)7-9-16/h4-6,12H,7-10H2,1-3H3. The summed E-state index contributed by atoms with van der Waals surface area (Å²) in [7, 11) is 0. The Morgan fingerprint density at radius 3 is 2.89 bits per heavy atom. The predicted molar refractivity (Wildman–Crippen MR) is 86.6 cm³/mol. The highest BCUT2D eigenvalue weighted by Crippen LogP contribution is 2.26. The van der Waals surface area contributed by atoms with Crippen molar-refractivity contribution in [3.8, 4) is 0 Å². The smallest absolute Gasteiger partial charge is 0.111 e. The van der Waals surface area contributed by atoms with Crippen LogP contribution in [0.15, 0.2) is 18.2 Å². The molecule has 0 fully saturated rings. The molecule has 1 unspecified atom stereocenters. The molecule has 1 aromatic heterocycles. The molecule has 2 aromatic rings. The minimum Gasteiger partial charge on any atom is -0.325 e. The van der Waals surface area contributed by atoms with Crippen LogP contribution in [0, 0.1) is 6.92 Å². The van der Waals surface area contributed by atoms with Crippen molar-refractivity contribution in [2.24, 2.45) is 0 Å². The van der Waals surface area contributed by atoms with E-state index in [1.54, 1.807) is 0 Å². The summed E-state index contributed by atoms with van der Waals surface area (Å²) < 4.78 is 2.39. The fourth-order valence-electron chi connectivity index (χ4n) is 2.52. The van der Waals surface area contributed by atoms with E-state index in [9.17, 15) is 0 Å². The molecular formula is C15H21ClN2S. The van der Waals surface area contributed by atoms with Crippen LogP contribution >= 0.6 is 23.4 Å². The highest BCUT2D eigenvalue weighted by Gasteiger charge is 2.16.